The van der Waals surface area contributed by atoms with Crippen LogP contribution in [0.4, 0.5) is 0 Å². The van der Waals surface area contributed by atoms with Gasteiger partial charge in [0.25, 0.3) is 0 Å². The lowest BCUT2D eigenvalue weighted by atomic mass is 9.86. The second kappa shape index (κ2) is 5.48. The van der Waals surface area contributed by atoms with Crippen LogP contribution < -0.4 is 0 Å². The smallest absolute Gasteiger partial charge is 0.243 e. The van der Waals surface area contributed by atoms with Crippen LogP contribution >= 0.6 is 23.2 Å². The lowest BCUT2D eigenvalue weighted by molar-refractivity contribution is 0.160. The van der Waals surface area contributed by atoms with Gasteiger partial charge in [-0.2, -0.15) is 9.40 Å². The Morgan fingerprint density at radius 1 is 1.17 bits per heavy atom. The standard InChI is InChI=1S/C15H15Cl2N3O2S/c16-9-4-6-11(7-5-9)23(21,22)20-10-2-1-3-13(20)14-12(8-10)15(17)19-18-14/h4-7,10,13H,1-3,8H2,(H,18,19). The topological polar surface area (TPSA) is 66.1 Å². The molecular formula is C15H15Cl2N3O2S. The maximum atomic E-state index is 13.1. The molecule has 1 aromatic carbocycles. The van der Waals surface area contributed by atoms with E-state index in [-0.39, 0.29) is 17.0 Å². The highest BCUT2D eigenvalue weighted by atomic mass is 35.5. The second-order valence-electron chi connectivity index (χ2n) is 6.00. The first-order valence-corrected chi connectivity index (χ1v) is 9.70. The normalized spacial score (nSPS) is 24.4. The molecule has 1 fully saturated rings. The van der Waals surface area contributed by atoms with Crippen molar-refractivity contribution >= 4 is 33.2 Å². The molecule has 3 heterocycles. The van der Waals surface area contributed by atoms with Gasteiger partial charge in [0.15, 0.2) is 5.15 Å². The van der Waals surface area contributed by atoms with E-state index in [1.165, 1.54) is 0 Å². The molecule has 122 valence electrons. The van der Waals surface area contributed by atoms with E-state index in [1.54, 1.807) is 28.6 Å². The summed E-state index contributed by atoms with van der Waals surface area (Å²) in [7, 11) is -3.59. The summed E-state index contributed by atoms with van der Waals surface area (Å²) in [5, 5.41) is 7.97. The molecule has 1 aromatic heterocycles. The summed E-state index contributed by atoms with van der Waals surface area (Å²) in [5.41, 5.74) is 1.80. The molecule has 2 aliphatic rings. The Kier molecular flexibility index (Phi) is 3.68. The zero-order chi connectivity index (χ0) is 16.2. The first-order valence-electron chi connectivity index (χ1n) is 7.50. The van der Waals surface area contributed by atoms with Gasteiger partial charge in [0, 0.05) is 16.6 Å². The average Bonchev–Trinajstić information content (AvgIpc) is 2.88. The van der Waals surface area contributed by atoms with Gasteiger partial charge in [-0.1, -0.05) is 23.2 Å². The van der Waals surface area contributed by atoms with Crippen molar-refractivity contribution in [2.45, 2.75) is 42.7 Å². The minimum atomic E-state index is -3.59. The first-order chi connectivity index (χ1) is 11.0. The molecule has 2 bridgehead atoms. The van der Waals surface area contributed by atoms with Crippen LogP contribution in [0.15, 0.2) is 29.2 Å². The lowest BCUT2D eigenvalue weighted by Gasteiger charge is -2.44. The molecule has 23 heavy (non-hydrogen) atoms. The molecule has 0 amide bonds. The van der Waals surface area contributed by atoms with E-state index in [0.29, 0.717) is 16.6 Å². The van der Waals surface area contributed by atoms with Crippen molar-refractivity contribution in [3.05, 3.63) is 45.7 Å². The molecule has 2 atom stereocenters. The highest BCUT2D eigenvalue weighted by Gasteiger charge is 2.46. The monoisotopic (exact) mass is 371 g/mol. The van der Waals surface area contributed by atoms with Gasteiger partial charge in [0.05, 0.1) is 16.6 Å². The van der Waals surface area contributed by atoms with Gasteiger partial charge >= 0.3 is 0 Å². The van der Waals surface area contributed by atoms with Crippen LogP contribution in [0.3, 0.4) is 0 Å². The van der Waals surface area contributed by atoms with E-state index in [2.05, 4.69) is 10.2 Å². The number of hydrogen-bond acceptors (Lipinski definition) is 3. The van der Waals surface area contributed by atoms with Crippen molar-refractivity contribution in [2.24, 2.45) is 0 Å². The number of aromatic nitrogens is 2. The Hall–Kier alpha value is -1.08. The van der Waals surface area contributed by atoms with Gasteiger partial charge in [-0.3, -0.25) is 5.10 Å². The maximum absolute atomic E-state index is 13.1. The van der Waals surface area contributed by atoms with Crippen LogP contribution in [0.5, 0.6) is 0 Å². The highest BCUT2D eigenvalue weighted by molar-refractivity contribution is 7.89. The van der Waals surface area contributed by atoms with Crippen molar-refractivity contribution in [2.75, 3.05) is 0 Å². The third-order valence-electron chi connectivity index (χ3n) is 4.69. The number of nitrogens with zero attached hydrogens (tertiary/aromatic N) is 2. The number of piperidine rings is 1. The van der Waals surface area contributed by atoms with Crippen LogP contribution in [0, 0.1) is 0 Å². The fourth-order valence-corrected chi connectivity index (χ4v) is 5.86. The van der Waals surface area contributed by atoms with Crippen LogP contribution in [0.1, 0.15) is 36.6 Å². The Balaban J connectivity index is 1.81. The Morgan fingerprint density at radius 2 is 1.91 bits per heavy atom. The molecule has 0 radical (unpaired) electrons. The highest BCUT2D eigenvalue weighted by Crippen LogP contribution is 2.45. The number of sulfonamides is 1. The summed E-state index contributed by atoms with van der Waals surface area (Å²) in [4.78, 5) is 0.271. The Labute approximate surface area is 144 Å². The number of aromatic amines is 1. The molecule has 0 saturated carbocycles. The number of hydrogen-bond donors (Lipinski definition) is 1. The van der Waals surface area contributed by atoms with E-state index >= 15 is 0 Å². The van der Waals surface area contributed by atoms with Crippen LogP contribution in [-0.4, -0.2) is 29.0 Å². The van der Waals surface area contributed by atoms with Crippen LogP contribution in [-0.2, 0) is 16.4 Å². The molecule has 5 nitrogen and oxygen atoms in total. The molecular weight excluding hydrogens is 357 g/mol. The molecule has 1 saturated heterocycles. The third kappa shape index (κ3) is 2.39. The van der Waals surface area contributed by atoms with Gasteiger partial charge < -0.3 is 0 Å². The number of nitrogens with one attached hydrogen (secondary N) is 1. The third-order valence-corrected chi connectivity index (χ3v) is 7.23. The van der Waals surface area contributed by atoms with Crippen molar-refractivity contribution in [1.29, 1.82) is 0 Å². The van der Waals surface area contributed by atoms with E-state index in [9.17, 15) is 8.42 Å². The number of benzene rings is 1. The predicted octanol–water partition coefficient (Wildman–Crippen LogP) is 3.56. The summed E-state index contributed by atoms with van der Waals surface area (Å²) in [5.74, 6) is 0. The van der Waals surface area contributed by atoms with Gasteiger partial charge in [0.1, 0.15) is 0 Å². The predicted molar refractivity (Wildman–Crippen MR) is 88.2 cm³/mol. The molecule has 1 N–H and O–H groups in total. The summed E-state index contributed by atoms with van der Waals surface area (Å²) in [6.45, 7) is 0. The quantitative estimate of drug-likeness (QED) is 0.877. The van der Waals surface area contributed by atoms with E-state index in [1.807, 2.05) is 0 Å². The largest absolute Gasteiger partial charge is 0.279 e. The number of halogens is 2. The Morgan fingerprint density at radius 3 is 2.65 bits per heavy atom. The van der Waals surface area contributed by atoms with Gasteiger partial charge in [0.2, 0.25) is 10.0 Å². The molecule has 2 aromatic rings. The summed E-state index contributed by atoms with van der Waals surface area (Å²) >= 11 is 12.0. The summed E-state index contributed by atoms with van der Waals surface area (Å²) in [6.07, 6.45) is 3.21. The second-order valence-corrected chi connectivity index (χ2v) is 8.64. The fourth-order valence-electron chi connectivity index (χ4n) is 3.67. The minimum absolute atomic E-state index is 0.0722. The number of fused-ring (bicyclic) bond motifs is 4. The minimum Gasteiger partial charge on any atom is -0.279 e. The van der Waals surface area contributed by atoms with Gasteiger partial charge in [-0.05, 0) is 49.9 Å². The zero-order valence-electron chi connectivity index (χ0n) is 12.2. The molecule has 8 heteroatoms. The SMILES string of the molecule is O=S(=O)(c1ccc(Cl)cc1)N1C2CCCC1c1[nH]nc(Cl)c1C2. The molecule has 0 spiro atoms. The summed E-state index contributed by atoms with van der Waals surface area (Å²) < 4.78 is 27.9. The lowest BCUT2D eigenvalue weighted by Crippen LogP contribution is -2.49. The van der Waals surface area contributed by atoms with E-state index in [0.717, 1.165) is 30.5 Å². The van der Waals surface area contributed by atoms with Gasteiger partial charge in [-0.15, -0.1) is 0 Å². The average molecular weight is 372 g/mol. The van der Waals surface area contributed by atoms with E-state index < -0.39 is 10.0 Å². The van der Waals surface area contributed by atoms with Crippen molar-refractivity contribution in [3.63, 3.8) is 0 Å². The van der Waals surface area contributed by atoms with Gasteiger partial charge in [-0.25, -0.2) is 8.42 Å². The van der Waals surface area contributed by atoms with Crippen LogP contribution in [0.25, 0.3) is 0 Å². The Bertz CT molecular complexity index is 848. The summed E-state index contributed by atoms with van der Waals surface area (Å²) in [6, 6.07) is 6.03. The van der Waals surface area contributed by atoms with Crippen molar-refractivity contribution in [3.8, 4) is 0 Å². The number of rotatable bonds is 2. The fraction of sp³-hybridized carbons (Fsp3) is 0.400. The molecule has 0 aliphatic carbocycles. The first kappa shape index (κ1) is 15.4. The molecule has 4 rings (SSSR count). The molecule has 2 aliphatic heterocycles. The van der Waals surface area contributed by atoms with E-state index in [4.69, 9.17) is 23.2 Å². The van der Waals surface area contributed by atoms with Crippen molar-refractivity contribution in [1.82, 2.24) is 14.5 Å². The van der Waals surface area contributed by atoms with Crippen molar-refractivity contribution < 1.29 is 8.42 Å². The van der Waals surface area contributed by atoms with Crippen LogP contribution in [0.2, 0.25) is 10.2 Å². The maximum Gasteiger partial charge on any atom is 0.243 e. The molecule has 2 unspecified atom stereocenters. The number of H-pyrrole nitrogens is 1. The zero-order valence-corrected chi connectivity index (χ0v) is 14.5.